The van der Waals surface area contributed by atoms with Gasteiger partial charge in [0.05, 0.1) is 6.57 Å². The number of hydrogen-bond acceptors (Lipinski definition) is 3. The number of aromatic amines is 1. The molecule has 44 heavy (non-hydrogen) atoms. The third-order valence-corrected chi connectivity index (χ3v) is 9.52. The van der Waals surface area contributed by atoms with E-state index in [-0.39, 0.29) is 16.7 Å². The molecule has 7 nitrogen and oxygen atoms in total. The highest BCUT2D eigenvalue weighted by atomic mass is 16.6. The van der Waals surface area contributed by atoms with Crippen molar-refractivity contribution in [2.24, 2.45) is 34.5 Å². The number of aryl methyl sites for hydroxylation is 2. The van der Waals surface area contributed by atoms with Crippen LogP contribution in [0.3, 0.4) is 0 Å². The Balaban J connectivity index is 1.94. The molecular formula is C37H51N5O2. The first-order chi connectivity index (χ1) is 20.6. The number of amides is 1. The summed E-state index contributed by atoms with van der Waals surface area (Å²) in [5, 5.41) is 3.41. The first-order valence-corrected chi connectivity index (χ1v) is 15.9. The van der Waals surface area contributed by atoms with Gasteiger partial charge in [-0.2, -0.15) is 0 Å². The maximum Gasteiger partial charge on any atom is 0.416 e. The van der Waals surface area contributed by atoms with E-state index in [0.717, 1.165) is 35.1 Å². The van der Waals surface area contributed by atoms with E-state index in [1.54, 1.807) is 16.7 Å². The van der Waals surface area contributed by atoms with Crippen molar-refractivity contribution in [3.63, 3.8) is 0 Å². The van der Waals surface area contributed by atoms with Gasteiger partial charge < -0.3 is 9.64 Å². The summed E-state index contributed by atoms with van der Waals surface area (Å²) in [4.78, 5) is 24.1. The summed E-state index contributed by atoms with van der Waals surface area (Å²) in [7, 11) is 0. The van der Waals surface area contributed by atoms with Crippen LogP contribution < -0.4 is 4.74 Å². The molecule has 7 heteroatoms. The van der Waals surface area contributed by atoms with E-state index >= 15 is 0 Å². The number of ether oxygens (including phenoxy) is 1. The van der Waals surface area contributed by atoms with Gasteiger partial charge >= 0.3 is 6.09 Å². The van der Waals surface area contributed by atoms with E-state index in [4.69, 9.17) is 16.3 Å². The predicted octanol–water partition coefficient (Wildman–Crippen LogP) is 9.58. The molecule has 0 spiro atoms. The second-order valence-electron chi connectivity index (χ2n) is 15.0. The van der Waals surface area contributed by atoms with Gasteiger partial charge in [0, 0.05) is 24.2 Å². The highest BCUT2D eigenvalue weighted by molar-refractivity contribution is 5.80. The molecule has 2 atom stereocenters. The van der Waals surface area contributed by atoms with Crippen molar-refractivity contribution in [2.45, 2.75) is 81.6 Å². The van der Waals surface area contributed by atoms with Crippen LogP contribution in [0.25, 0.3) is 21.9 Å². The van der Waals surface area contributed by atoms with Gasteiger partial charge in [-0.1, -0.05) is 78.3 Å². The van der Waals surface area contributed by atoms with Crippen molar-refractivity contribution in [2.75, 3.05) is 13.1 Å². The Morgan fingerprint density at radius 3 is 2.23 bits per heavy atom. The van der Waals surface area contributed by atoms with E-state index in [0.29, 0.717) is 60.3 Å². The molecule has 1 aromatic carbocycles. The quantitative estimate of drug-likeness (QED) is 0.208. The van der Waals surface area contributed by atoms with Crippen molar-refractivity contribution in [1.29, 1.82) is 0 Å². The zero-order valence-electron chi connectivity index (χ0n) is 28.3. The Hall–Kier alpha value is -3.79. The first kappa shape index (κ1) is 33.1. The minimum Gasteiger partial charge on any atom is -0.402 e. The Morgan fingerprint density at radius 2 is 1.70 bits per heavy atom. The minimum absolute atomic E-state index is 0.0978. The molecule has 1 aliphatic rings. The topological polar surface area (TPSA) is 67.0 Å². The lowest BCUT2D eigenvalue weighted by Crippen LogP contribution is -2.44. The fraction of sp³-hybridized carbons (Fsp3) is 0.541. The first-order valence-electron chi connectivity index (χ1n) is 15.9. The minimum atomic E-state index is -0.560. The van der Waals surface area contributed by atoms with Crippen LogP contribution in [0, 0.1) is 54.9 Å². The molecule has 1 amide bonds. The third kappa shape index (κ3) is 6.65. The number of hydrogen-bond donors (Lipinski definition) is 1. The molecule has 2 aromatic heterocycles. The highest BCUT2D eigenvalue weighted by Gasteiger charge is 2.46. The number of aromatic nitrogens is 3. The van der Waals surface area contributed by atoms with Crippen molar-refractivity contribution in [1.82, 2.24) is 19.5 Å². The number of fused-ring (bicyclic) bond motifs is 1. The lowest BCUT2D eigenvalue weighted by atomic mass is 9.54. The van der Waals surface area contributed by atoms with Crippen LogP contribution in [0.2, 0.25) is 0 Å². The van der Waals surface area contributed by atoms with Gasteiger partial charge in [0.1, 0.15) is 5.65 Å². The fourth-order valence-corrected chi connectivity index (χ4v) is 7.33. The highest BCUT2D eigenvalue weighted by Crippen LogP contribution is 2.54. The van der Waals surface area contributed by atoms with Crippen LogP contribution in [0.5, 0.6) is 5.88 Å². The smallest absolute Gasteiger partial charge is 0.402 e. The van der Waals surface area contributed by atoms with E-state index in [1.165, 1.54) is 4.90 Å². The third-order valence-electron chi connectivity index (χ3n) is 9.52. The van der Waals surface area contributed by atoms with Gasteiger partial charge in [-0.3, -0.25) is 5.10 Å². The normalized spacial score (nSPS) is 20.7. The zero-order valence-corrected chi connectivity index (χ0v) is 28.3. The summed E-state index contributed by atoms with van der Waals surface area (Å²) in [6.07, 6.45) is 5.74. The van der Waals surface area contributed by atoms with Gasteiger partial charge in [0.2, 0.25) is 5.88 Å². The van der Waals surface area contributed by atoms with Gasteiger partial charge in [-0.05, 0) is 79.2 Å². The number of benzene rings is 1. The molecule has 1 fully saturated rings. The van der Waals surface area contributed by atoms with E-state index in [1.807, 2.05) is 0 Å². The summed E-state index contributed by atoms with van der Waals surface area (Å²) >= 11 is 0. The maximum atomic E-state index is 13.4. The molecule has 0 radical (unpaired) electrons. The standard InChI is InChI=1S/C37H51N5O2/c1-13-17-41(18-14-2)35(43)44-34-31(38-12)28(33-39-32(40-42(33)34)26-19-23(3)15-16-25(26)5)22-27-29(36(6,7)8)20-24(4)21-30(27)37(9,10)11/h13-16,19,24,27,29-30H,1-2,17-18,20-22H2,3-11H3,(H,39,40). The Morgan fingerprint density at radius 1 is 1.11 bits per heavy atom. The summed E-state index contributed by atoms with van der Waals surface area (Å²) in [5.74, 6) is 2.75. The maximum absolute atomic E-state index is 13.4. The van der Waals surface area contributed by atoms with E-state index in [9.17, 15) is 4.79 Å². The van der Waals surface area contributed by atoms with Gasteiger partial charge in [0.15, 0.2) is 5.82 Å². The molecule has 1 N–H and O–H groups in total. The second-order valence-corrected chi connectivity index (χ2v) is 15.0. The fourth-order valence-electron chi connectivity index (χ4n) is 7.33. The molecule has 4 rings (SSSR count). The van der Waals surface area contributed by atoms with Crippen molar-refractivity contribution >= 4 is 17.4 Å². The molecule has 0 saturated heterocycles. The largest absolute Gasteiger partial charge is 0.416 e. The molecule has 236 valence electrons. The van der Waals surface area contributed by atoms with Crippen LogP contribution in [0.15, 0.2) is 43.5 Å². The monoisotopic (exact) mass is 597 g/mol. The Labute approximate surface area is 264 Å². The van der Waals surface area contributed by atoms with Crippen LogP contribution in [0.1, 0.15) is 78.0 Å². The van der Waals surface area contributed by atoms with Gasteiger partial charge in [-0.15, -0.1) is 13.2 Å². The number of carbonyl (C=O) groups excluding carboxylic acids is 1. The molecular weight excluding hydrogens is 546 g/mol. The Kier molecular flexibility index (Phi) is 9.54. The van der Waals surface area contributed by atoms with Crippen LogP contribution in [-0.4, -0.2) is 38.7 Å². The number of carbonyl (C=O) groups is 1. The number of rotatable bonds is 8. The lowest BCUT2D eigenvalue weighted by Gasteiger charge is -2.51. The van der Waals surface area contributed by atoms with Crippen molar-refractivity contribution < 1.29 is 9.53 Å². The molecule has 0 aliphatic heterocycles. The Bertz CT molecular complexity index is 1540. The average molecular weight is 598 g/mol. The summed E-state index contributed by atoms with van der Waals surface area (Å²) in [6, 6.07) is 6.28. The summed E-state index contributed by atoms with van der Waals surface area (Å²) in [5.41, 5.74) is 5.23. The summed E-state index contributed by atoms with van der Waals surface area (Å²) in [6.45, 7) is 37.1. The van der Waals surface area contributed by atoms with Crippen LogP contribution >= 0.6 is 0 Å². The molecule has 2 heterocycles. The number of H-pyrrole nitrogens is 1. The van der Waals surface area contributed by atoms with Crippen LogP contribution in [-0.2, 0) is 6.42 Å². The predicted molar refractivity (Wildman–Crippen MR) is 180 cm³/mol. The van der Waals surface area contributed by atoms with Gasteiger partial charge in [-0.25, -0.2) is 19.1 Å². The molecule has 3 aromatic rings. The molecule has 2 unspecified atom stereocenters. The van der Waals surface area contributed by atoms with Crippen molar-refractivity contribution in [3.05, 3.63) is 71.6 Å². The lowest BCUT2D eigenvalue weighted by molar-refractivity contribution is -0.0136. The molecule has 1 aliphatic carbocycles. The van der Waals surface area contributed by atoms with E-state index < -0.39 is 6.09 Å². The SMILES string of the molecule is [C-]#[N+]c1c(CC2C(C(C)(C)C)CC(C)CC2C(C)(C)C)c2nc(-c3cc(C)ccc3C)[nH]n2c1OC(=O)N(CC=C)CC=C. The summed E-state index contributed by atoms with van der Waals surface area (Å²) < 4.78 is 7.77. The van der Waals surface area contributed by atoms with E-state index in [2.05, 4.69) is 104 Å². The zero-order chi connectivity index (χ0) is 32.6. The second kappa shape index (κ2) is 12.7. The van der Waals surface area contributed by atoms with Crippen LogP contribution in [0.4, 0.5) is 10.5 Å². The molecule has 0 bridgehead atoms. The van der Waals surface area contributed by atoms with Gasteiger partial charge in [0.25, 0.3) is 5.69 Å². The van der Waals surface area contributed by atoms with Crippen molar-refractivity contribution in [3.8, 4) is 17.3 Å². The number of nitrogens with zero attached hydrogens (tertiary/aromatic N) is 4. The number of nitrogens with one attached hydrogen (secondary N) is 1. The average Bonchev–Trinajstić information content (AvgIpc) is 3.47. The molecule has 1 saturated carbocycles.